The number of hydrogen-bond acceptors (Lipinski definition) is 1. The largest absolute Gasteiger partial charge is 0.300 e. The monoisotopic (exact) mass is 209 g/mol. The Labute approximate surface area is 95.2 Å². The van der Waals surface area contributed by atoms with Crippen LogP contribution in [0.4, 0.5) is 0 Å². The Morgan fingerprint density at radius 1 is 1.13 bits per heavy atom. The summed E-state index contributed by atoms with van der Waals surface area (Å²) in [5.74, 6) is 2.00. The first-order chi connectivity index (χ1) is 7.29. The molecule has 2 aliphatic rings. The number of hydrogen-bond donors (Lipinski definition) is 0. The van der Waals surface area contributed by atoms with Crippen molar-refractivity contribution in [2.45, 2.75) is 64.8 Å². The highest BCUT2D eigenvalue weighted by molar-refractivity contribution is 4.82. The lowest BCUT2D eigenvalue weighted by molar-refractivity contribution is 0.0968. The molecule has 2 unspecified atom stereocenters. The lowest BCUT2D eigenvalue weighted by Gasteiger charge is -2.39. The maximum absolute atomic E-state index is 2.80. The molecule has 2 atom stereocenters. The van der Waals surface area contributed by atoms with Gasteiger partial charge in [-0.1, -0.05) is 26.7 Å². The third kappa shape index (κ3) is 2.96. The van der Waals surface area contributed by atoms with Crippen LogP contribution in [-0.2, 0) is 0 Å². The number of nitrogens with zero attached hydrogens (tertiary/aromatic N) is 1. The first-order valence-corrected chi connectivity index (χ1v) is 7.03. The van der Waals surface area contributed by atoms with Gasteiger partial charge in [0.05, 0.1) is 0 Å². The van der Waals surface area contributed by atoms with Crippen LogP contribution in [0.3, 0.4) is 0 Å². The first kappa shape index (κ1) is 11.4. The van der Waals surface area contributed by atoms with Crippen molar-refractivity contribution < 1.29 is 0 Å². The molecule has 0 radical (unpaired) electrons. The molecule has 1 heterocycles. The van der Waals surface area contributed by atoms with Gasteiger partial charge in [-0.3, -0.25) is 0 Å². The van der Waals surface area contributed by atoms with Crippen molar-refractivity contribution in [2.75, 3.05) is 13.1 Å². The Morgan fingerprint density at radius 3 is 2.53 bits per heavy atom. The number of rotatable bonds is 3. The fraction of sp³-hybridized carbons (Fsp3) is 1.00. The minimum absolute atomic E-state index is 0.898. The van der Waals surface area contributed by atoms with Gasteiger partial charge in [-0.05, 0) is 50.5 Å². The van der Waals surface area contributed by atoms with E-state index in [2.05, 4.69) is 18.7 Å². The average molecular weight is 209 g/mol. The van der Waals surface area contributed by atoms with E-state index in [9.17, 15) is 0 Å². The van der Waals surface area contributed by atoms with Crippen LogP contribution < -0.4 is 0 Å². The molecule has 1 saturated heterocycles. The van der Waals surface area contributed by atoms with E-state index in [1.807, 2.05) is 0 Å². The summed E-state index contributed by atoms with van der Waals surface area (Å²) in [5, 5.41) is 0. The summed E-state index contributed by atoms with van der Waals surface area (Å²) < 4.78 is 0. The molecule has 1 aliphatic carbocycles. The maximum atomic E-state index is 2.80. The SMILES string of the molecule is CCC1CC(C)CCN1CC1CCCC1. The Balaban J connectivity index is 1.83. The minimum Gasteiger partial charge on any atom is -0.300 e. The van der Waals surface area contributed by atoms with Crippen molar-refractivity contribution in [3.63, 3.8) is 0 Å². The van der Waals surface area contributed by atoms with E-state index in [1.165, 1.54) is 58.0 Å². The van der Waals surface area contributed by atoms with Crippen molar-refractivity contribution in [3.8, 4) is 0 Å². The number of piperidine rings is 1. The topological polar surface area (TPSA) is 3.24 Å². The lowest BCUT2D eigenvalue weighted by atomic mass is 9.90. The summed E-state index contributed by atoms with van der Waals surface area (Å²) in [4.78, 5) is 2.80. The fourth-order valence-corrected chi connectivity index (χ4v) is 3.49. The van der Waals surface area contributed by atoms with E-state index < -0.39 is 0 Å². The molecule has 0 aromatic rings. The molecule has 1 heteroatoms. The van der Waals surface area contributed by atoms with Crippen molar-refractivity contribution in [3.05, 3.63) is 0 Å². The standard InChI is InChI=1S/C14H27N/c1-3-14-10-12(2)8-9-15(14)11-13-6-4-5-7-13/h12-14H,3-11H2,1-2H3. The van der Waals surface area contributed by atoms with Gasteiger partial charge in [-0.25, -0.2) is 0 Å². The van der Waals surface area contributed by atoms with Crippen LogP contribution in [0.1, 0.15) is 58.8 Å². The second kappa shape index (κ2) is 5.34. The van der Waals surface area contributed by atoms with Crippen LogP contribution in [0.15, 0.2) is 0 Å². The van der Waals surface area contributed by atoms with Gasteiger partial charge in [0.2, 0.25) is 0 Å². The molecule has 0 amide bonds. The van der Waals surface area contributed by atoms with Gasteiger partial charge in [0, 0.05) is 12.6 Å². The molecular weight excluding hydrogens is 182 g/mol. The minimum atomic E-state index is 0.898. The molecule has 1 saturated carbocycles. The predicted octanol–water partition coefficient (Wildman–Crippen LogP) is 3.69. The summed E-state index contributed by atoms with van der Waals surface area (Å²) >= 11 is 0. The molecule has 2 fully saturated rings. The van der Waals surface area contributed by atoms with Crippen LogP contribution in [-0.4, -0.2) is 24.0 Å². The summed E-state index contributed by atoms with van der Waals surface area (Å²) in [6, 6.07) is 0.898. The first-order valence-electron chi connectivity index (χ1n) is 7.03. The van der Waals surface area contributed by atoms with Gasteiger partial charge in [0.15, 0.2) is 0 Å². The van der Waals surface area contributed by atoms with Crippen molar-refractivity contribution in [1.29, 1.82) is 0 Å². The van der Waals surface area contributed by atoms with E-state index in [-0.39, 0.29) is 0 Å². The molecule has 2 rings (SSSR count). The molecular formula is C14H27N. The van der Waals surface area contributed by atoms with Crippen LogP contribution in [0.2, 0.25) is 0 Å². The Morgan fingerprint density at radius 2 is 1.87 bits per heavy atom. The summed E-state index contributed by atoms with van der Waals surface area (Å²) in [6.45, 7) is 7.57. The normalized spacial score (nSPS) is 34.8. The van der Waals surface area contributed by atoms with Gasteiger partial charge in [0.1, 0.15) is 0 Å². The molecule has 0 spiro atoms. The molecule has 0 N–H and O–H groups in total. The lowest BCUT2D eigenvalue weighted by Crippen LogP contribution is -2.43. The van der Waals surface area contributed by atoms with Gasteiger partial charge < -0.3 is 4.90 Å². The summed E-state index contributed by atoms with van der Waals surface area (Å²) in [5.41, 5.74) is 0. The number of likely N-dealkylation sites (tertiary alicyclic amines) is 1. The molecule has 1 aliphatic heterocycles. The van der Waals surface area contributed by atoms with Gasteiger partial charge in [-0.15, -0.1) is 0 Å². The van der Waals surface area contributed by atoms with E-state index >= 15 is 0 Å². The second-order valence-electron chi connectivity index (χ2n) is 5.84. The summed E-state index contributed by atoms with van der Waals surface area (Å²) in [6.07, 6.45) is 10.2. The van der Waals surface area contributed by atoms with Crippen molar-refractivity contribution in [1.82, 2.24) is 4.90 Å². The Bertz CT molecular complexity index is 184. The van der Waals surface area contributed by atoms with E-state index in [0.29, 0.717) is 0 Å². The molecule has 88 valence electrons. The summed E-state index contributed by atoms with van der Waals surface area (Å²) in [7, 11) is 0. The van der Waals surface area contributed by atoms with E-state index in [0.717, 1.165) is 17.9 Å². The van der Waals surface area contributed by atoms with Gasteiger partial charge in [-0.2, -0.15) is 0 Å². The third-order valence-corrected chi connectivity index (χ3v) is 4.54. The smallest absolute Gasteiger partial charge is 0.00952 e. The van der Waals surface area contributed by atoms with Crippen LogP contribution in [0, 0.1) is 11.8 Å². The van der Waals surface area contributed by atoms with Crippen LogP contribution in [0.5, 0.6) is 0 Å². The predicted molar refractivity (Wildman–Crippen MR) is 66.0 cm³/mol. The van der Waals surface area contributed by atoms with Crippen LogP contribution >= 0.6 is 0 Å². The quantitative estimate of drug-likeness (QED) is 0.685. The average Bonchev–Trinajstić information content (AvgIpc) is 2.73. The Kier molecular flexibility index (Phi) is 4.07. The van der Waals surface area contributed by atoms with Gasteiger partial charge >= 0.3 is 0 Å². The molecule has 15 heavy (non-hydrogen) atoms. The second-order valence-corrected chi connectivity index (χ2v) is 5.84. The van der Waals surface area contributed by atoms with Crippen LogP contribution in [0.25, 0.3) is 0 Å². The zero-order valence-corrected chi connectivity index (χ0v) is 10.5. The zero-order chi connectivity index (χ0) is 10.7. The maximum Gasteiger partial charge on any atom is 0.00952 e. The fourth-order valence-electron chi connectivity index (χ4n) is 3.49. The van der Waals surface area contributed by atoms with Crippen molar-refractivity contribution >= 4 is 0 Å². The molecule has 0 bridgehead atoms. The third-order valence-electron chi connectivity index (χ3n) is 4.54. The Hall–Kier alpha value is -0.0400. The zero-order valence-electron chi connectivity index (χ0n) is 10.5. The van der Waals surface area contributed by atoms with E-state index in [1.54, 1.807) is 0 Å². The highest BCUT2D eigenvalue weighted by Gasteiger charge is 2.27. The van der Waals surface area contributed by atoms with E-state index in [4.69, 9.17) is 0 Å². The van der Waals surface area contributed by atoms with Crippen molar-refractivity contribution in [2.24, 2.45) is 11.8 Å². The molecule has 0 aromatic heterocycles. The highest BCUT2D eigenvalue weighted by atomic mass is 15.2. The highest BCUT2D eigenvalue weighted by Crippen LogP contribution is 2.30. The van der Waals surface area contributed by atoms with Gasteiger partial charge in [0.25, 0.3) is 0 Å². The molecule has 0 aromatic carbocycles. The molecule has 1 nitrogen and oxygen atoms in total.